The fraction of sp³-hybridized carbons (Fsp3) is 0. The Balaban J connectivity index is 3.19. The molecule has 0 fully saturated rings. The first-order valence-electron chi connectivity index (χ1n) is 3.31. The SMILES string of the molecule is O=C(NF)c1ccccc1[N+](=O)[O-]. The van der Waals surface area contributed by atoms with Crippen LogP contribution >= 0.6 is 0 Å². The van der Waals surface area contributed by atoms with Gasteiger partial charge in [0.1, 0.15) is 5.56 Å². The van der Waals surface area contributed by atoms with Crippen molar-refractivity contribution in [2.24, 2.45) is 0 Å². The highest BCUT2D eigenvalue weighted by Crippen LogP contribution is 2.16. The van der Waals surface area contributed by atoms with Crippen molar-refractivity contribution in [2.45, 2.75) is 0 Å². The van der Waals surface area contributed by atoms with Crippen LogP contribution in [0, 0.1) is 10.1 Å². The van der Waals surface area contributed by atoms with Crippen molar-refractivity contribution < 1.29 is 14.2 Å². The van der Waals surface area contributed by atoms with Gasteiger partial charge in [0, 0.05) is 6.07 Å². The van der Waals surface area contributed by atoms with Crippen molar-refractivity contribution in [3.8, 4) is 0 Å². The summed E-state index contributed by atoms with van der Waals surface area (Å²) in [6.07, 6.45) is 0. The Kier molecular flexibility index (Phi) is 2.53. The molecule has 0 saturated carbocycles. The minimum atomic E-state index is -1.12. The van der Waals surface area contributed by atoms with Crippen LogP contribution in [0.15, 0.2) is 24.3 Å². The van der Waals surface area contributed by atoms with Crippen LogP contribution in [0.25, 0.3) is 0 Å². The summed E-state index contributed by atoms with van der Waals surface area (Å²) in [6, 6.07) is 5.11. The molecule has 0 atom stereocenters. The zero-order valence-corrected chi connectivity index (χ0v) is 6.36. The van der Waals surface area contributed by atoms with Gasteiger partial charge >= 0.3 is 0 Å². The van der Waals surface area contributed by atoms with Gasteiger partial charge in [-0.2, -0.15) is 5.54 Å². The first-order chi connectivity index (χ1) is 6.16. The lowest BCUT2D eigenvalue weighted by molar-refractivity contribution is -0.385. The van der Waals surface area contributed by atoms with Crippen LogP contribution in [0.3, 0.4) is 0 Å². The van der Waals surface area contributed by atoms with E-state index in [0.717, 1.165) is 11.6 Å². The number of carbonyl (C=O) groups is 1. The summed E-state index contributed by atoms with van der Waals surface area (Å²) in [5, 5.41) is 10.3. The molecule has 1 rings (SSSR count). The number of halogens is 1. The molecule has 68 valence electrons. The maximum Gasteiger partial charge on any atom is 0.285 e. The average Bonchev–Trinajstić information content (AvgIpc) is 2.16. The van der Waals surface area contributed by atoms with Gasteiger partial charge in [-0.25, -0.2) is 0 Å². The Hall–Kier alpha value is -1.98. The van der Waals surface area contributed by atoms with E-state index in [-0.39, 0.29) is 5.56 Å². The molecular formula is C7H5FN2O3. The van der Waals surface area contributed by atoms with E-state index in [9.17, 15) is 19.4 Å². The summed E-state index contributed by atoms with van der Waals surface area (Å²) >= 11 is 0. The molecule has 1 aromatic carbocycles. The zero-order chi connectivity index (χ0) is 9.84. The number of nitro groups is 1. The number of hydrogen-bond acceptors (Lipinski definition) is 3. The Morgan fingerprint density at radius 1 is 1.46 bits per heavy atom. The molecule has 0 saturated heterocycles. The van der Waals surface area contributed by atoms with Crippen molar-refractivity contribution in [2.75, 3.05) is 0 Å². The van der Waals surface area contributed by atoms with Crippen LogP contribution in [0.2, 0.25) is 0 Å². The van der Waals surface area contributed by atoms with Gasteiger partial charge in [-0.15, -0.1) is 0 Å². The van der Waals surface area contributed by atoms with Crippen LogP contribution < -0.4 is 5.54 Å². The van der Waals surface area contributed by atoms with Crippen LogP contribution in [-0.4, -0.2) is 10.8 Å². The fourth-order valence-corrected chi connectivity index (χ4v) is 0.876. The second-order valence-electron chi connectivity index (χ2n) is 2.20. The van der Waals surface area contributed by atoms with Gasteiger partial charge in [0.05, 0.1) is 4.92 Å². The van der Waals surface area contributed by atoms with Crippen LogP contribution in [0.4, 0.5) is 10.2 Å². The van der Waals surface area contributed by atoms with Gasteiger partial charge in [0.25, 0.3) is 11.6 Å². The third-order valence-electron chi connectivity index (χ3n) is 1.43. The molecule has 0 aliphatic carbocycles. The molecule has 13 heavy (non-hydrogen) atoms. The lowest BCUT2D eigenvalue weighted by Crippen LogP contribution is -2.15. The average molecular weight is 184 g/mol. The maximum atomic E-state index is 11.7. The molecule has 0 aliphatic rings. The number of rotatable bonds is 2. The molecule has 5 nitrogen and oxygen atoms in total. The number of nitrogens with one attached hydrogen (secondary N) is 1. The lowest BCUT2D eigenvalue weighted by Gasteiger charge is -1.97. The van der Waals surface area contributed by atoms with Crippen LogP contribution in [-0.2, 0) is 0 Å². The van der Waals surface area contributed by atoms with Gasteiger partial charge in [0.15, 0.2) is 0 Å². The van der Waals surface area contributed by atoms with E-state index >= 15 is 0 Å². The van der Waals surface area contributed by atoms with E-state index in [2.05, 4.69) is 0 Å². The maximum absolute atomic E-state index is 11.7. The van der Waals surface area contributed by atoms with Gasteiger partial charge < -0.3 is 0 Å². The minimum absolute atomic E-state index is 0.296. The zero-order valence-electron chi connectivity index (χ0n) is 6.36. The van der Waals surface area contributed by atoms with E-state index in [1.807, 2.05) is 0 Å². The van der Waals surface area contributed by atoms with Gasteiger partial charge in [0.2, 0.25) is 0 Å². The van der Waals surface area contributed by atoms with Crippen molar-refractivity contribution in [3.05, 3.63) is 39.9 Å². The molecular weight excluding hydrogens is 179 g/mol. The molecule has 6 heteroatoms. The van der Waals surface area contributed by atoms with Gasteiger partial charge in [-0.05, 0) is 6.07 Å². The summed E-state index contributed by atoms with van der Waals surface area (Å²) in [7, 11) is 0. The van der Waals surface area contributed by atoms with E-state index in [4.69, 9.17) is 0 Å². The molecule has 0 unspecified atom stereocenters. The number of nitro benzene ring substituents is 1. The van der Waals surface area contributed by atoms with Crippen molar-refractivity contribution in [1.29, 1.82) is 0 Å². The number of carbonyl (C=O) groups excluding carboxylic acids is 1. The quantitative estimate of drug-likeness (QED) is 0.426. The molecule has 0 radical (unpaired) electrons. The summed E-state index contributed by atoms with van der Waals surface area (Å²) in [5.74, 6) is -1.12. The van der Waals surface area contributed by atoms with Crippen molar-refractivity contribution >= 4 is 11.6 Å². The van der Waals surface area contributed by atoms with E-state index in [1.54, 1.807) is 0 Å². The Morgan fingerprint density at radius 2 is 2.08 bits per heavy atom. The van der Waals surface area contributed by atoms with Gasteiger partial charge in [-0.1, -0.05) is 16.6 Å². The third-order valence-corrected chi connectivity index (χ3v) is 1.43. The molecule has 1 aromatic rings. The second-order valence-corrected chi connectivity index (χ2v) is 2.20. The third kappa shape index (κ3) is 1.78. The summed E-state index contributed by atoms with van der Waals surface area (Å²) < 4.78 is 11.7. The number of hydrogen-bond donors (Lipinski definition) is 1. The van der Waals surface area contributed by atoms with E-state index in [1.165, 1.54) is 18.2 Å². The monoisotopic (exact) mass is 184 g/mol. The Bertz CT molecular complexity index is 353. The highest BCUT2D eigenvalue weighted by molar-refractivity contribution is 5.97. The lowest BCUT2D eigenvalue weighted by atomic mass is 10.2. The predicted molar refractivity (Wildman–Crippen MR) is 41.7 cm³/mol. The normalized spacial score (nSPS) is 9.31. The molecule has 0 aliphatic heterocycles. The van der Waals surface area contributed by atoms with Gasteiger partial charge in [-0.3, -0.25) is 14.9 Å². The predicted octanol–water partition coefficient (Wildman–Crippen LogP) is 1.21. The van der Waals surface area contributed by atoms with Crippen LogP contribution in [0.5, 0.6) is 0 Å². The molecule has 0 spiro atoms. The first-order valence-corrected chi connectivity index (χ1v) is 3.31. The molecule has 0 heterocycles. The van der Waals surface area contributed by atoms with E-state index < -0.39 is 16.5 Å². The van der Waals surface area contributed by atoms with Crippen molar-refractivity contribution in [3.63, 3.8) is 0 Å². The highest BCUT2D eigenvalue weighted by atomic mass is 19.2. The molecule has 0 aromatic heterocycles. The number of amides is 1. The van der Waals surface area contributed by atoms with Crippen molar-refractivity contribution in [1.82, 2.24) is 5.54 Å². The largest absolute Gasteiger partial charge is 0.285 e. The number of nitrogens with zero attached hydrogens (tertiary/aromatic N) is 1. The fourth-order valence-electron chi connectivity index (χ4n) is 0.876. The van der Waals surface area contributed by atoms with E-state index in [0.29, 0.717) is 0 Å². The topological polar surface area (TPSA) is 72.2 Å². The molecule has 0 bridgehead atoms. The Labute approximate surface area is 72.3 Å². The summed E-state index contributed by atoms with van der Waals surface area (Å²) in [5.41, 5.74) is 0.118. The highest BCUT2D eigenvalue weighted by Gasteiger charge is 2.18. The summed E-state index contributed by atoms with van der Waals surface area (Å²) in [6.45, 7) is 0. The smallest absolute Gasteiger partial charge is 0.266 e. The molecule has 1 amide bonds. The Morgan fingerprint density at radius 3 is 2.62 bits per heavy atom. The van der Waals surface area contributed by atoms with Crippen LogP contribution in [0.1, 0.15) is 10.4 Å². The molecule has 1 N–H and O–H groups in total. The minimum Gasteiger partial charge on any atom is -0.266 e. The summed E-state index contributed by atoms with van der Waals surface area (Å²) in [4.78, 5) is 20.3. The first kappa shape index (κ1) is 9.11. The number of para-hydroxylation sites is 1. The number of benzene rings is 1. The standard InChI is InChI=1S/C7H5FN2O3/c8-9-7(11)5-3-1-2-4-6(5)10(12)13/h1-4H,(H,9,11). The second kappa shape index (κ2) is 3.61.